The molecule has 20 heavy (non-hydrogen) atoms. The Kier molecular flexibility index (Phi) is 4.17. The molecule has 1 amide bonds. The van der Waals surface area contributed by atoms with Crippen LogP contribution in [0.4, 0.5) is 5.82 Å². The Morgan fingerprint density at radius 2 is 2.25 bits per heavy atom. The molecule has 2 N–H and O–H groups in total. The topological polar surface area (TPSA) is 91.4 Å². The number of nitrogens with zero attached hydrogens (tertiary/aromatic N) is 2. The minimum atomic E-state index is -3.79. The maximum atomic E-state index is 12.5. The molecular weight excluding hydrogens is 304 g/mol. The molecule has 9 heteroatoms. The first-order chi connectivity index (χ1) is 9.37. The third kappa shape index (κ3) is 2.58. The fourth-order valence-electron chi connectivity index (χ4n) is 1.97. The first-order valence-electron chi connectivity index (χ1n) is 6.00. The van der Waals surface area contributed by atoms with Gasteiger partial charge in [0.15, 0.2) is 0 Å². The van der Waals surface area contributed by atoms with E-state index in [0.717, 1.165) is 4.31 Å². The van der Waals surface area contributed by atoms with Gasteiger partial charge < -0.3 is 10.6 Å². The van der Waals surface area contributed by atoms with Crippen LogP contribution in [0.15, 0.2) is 17.2 Å². The first kappa shape index (κ1) is 15.0. The quantitative estimate of drug-likeness (QED) is 0.835. The number of hydrogen-bond acceptors (Lipinski definition) is 5. The maximum absolute atomic E-state index is 12.5. The third-order valence-electron chi connectivity index (χ3n) is 3.10. The van der Waals surface area contributed by atoms with Crippen molar-refractivity contribution in [3.05, 3.63) is 17.3 Å². The summed E-state index contributed by atoms with van der Waals surface area (Å²) < 4.78 is 26.2. The van der Waals surface area contributed by atoms with Gasteiger partial charge in [-0.3, -0.25) is 4.79 Å². The summed E-state index contributed by atoms with van der Waals surface area (Å²) >= 11 is 5.95. The van der Waals surface area contributed by atoms with Crippen molar-refractivity contribution in [2.24, 2.45) is 0 Å². The fraction of sp³-hybridized carbons (Fsp3) is 0.455. The van der Waals surface area contributed by atoms with Crippen LogP contribution in [-0.4, -0.2) is 49.8 Å². The van der Waals surface area contributed by atoms with Crippen molar-refractivity contribution in [2.75, 3.05) is 25.5 Å². The molecule has 0 aliphatic carbocycles. The molecule has 1 aliphatic heterocycles. The van der Waals surface area contributed by atoms with Gasteiger partial charge in [0.05, 0.1) is 5.02 Å². The van der Waals surface area contributed by atoms with Crippen molar-refractivity contribution in [1.82, 2.24) is 14.6 Å². The van der Waals surface area contributed by atoms with Crippen LogP contribution in [0.1, 0.15) is 6.92 Å². The predicted octanol–water partition coefficient (Wildman–Crippen LogP) is 0.286. The van der Waals surface area contributed by atoms with Crippen molar-refractivity contribution in [1.29, 1.82) is 0 Å². The lowest BCUT2D eigenvalue weighted by Crippen LogP contribution is -2.55. The number of amides is 1. The molecule has 1 atom stereocenters. The molecule has 1 saturated heterocycles. The lowest BCUT2D eigenvalue weighted by atomic mass is 10.2. The number of rotatable bonds is 3. The van der Waals surface area contributed by atoms with Gasteiger partial charge in [0.2, 0.25) is 15.9 Å². The number of pyridine rings is 1. The molecule has 1 aromatic rings. The molecule has 0 aromatic carbocycles. The molecule has 2 heterocycles. The van der Waals surface area contributed by atoms with E-state index in [4.69, 9.17) is 11.6 Å². The number of carbonyl (C=O) groups is 1. The molecule has 0 saturated carbocycles. The standard InChI is InChI=1S/C11H15ClN4O3S/c1-7-11(17)14-3-4-16(7)20(18,19)8-5-9(12)10(13-2)15-6-8/h5-7H,3-4H2,1-2H3,(H,13,15)(H,14,17). The second-order valence-electron chi connectivity index (χ2n) is 4.33. The summed E-state index contributed by atoms with van der Waals surface area (Å²) in [6, 6.07) is 0.575. The molecule has 1 unspecified atom stereocenters. The van der Waals surface area contributed by atoms with Crippen LogP contribution in [0, 0.1) is 0 Å². The summed E-state index contributed by atoms with van der Waals surface area (Å²) in [6.07, 6.45) is 1.23. The van der Waals surface area contributed by atoms with Crippen LogP contribution in [0.5, 0.6) is 0 Å². The monoisotopic (exact) mass is 318 g/mol. The molecule has 1 aliphatic rings. The van der Waals surface area contributed by atoms with E-state index in [1.54, 1.807) is 14.0 Å². The number of sulfonamides is 1. The summed E-state index contributed by atoms with van der Waals surface area (Å²) in [5, 5.41) is 5.58. The summed E-state index contributed by atoms with van der Waals surface area (Å²) in [6.45, 7) is 2.06. The summed E-state index contributed by atoms with van der Waals surface area (Å²) in [5.41, 5.74) is 0. The van der Waals surface area contributed by atoms with Crippen LogP contribution >= 0.6 is 11.6 Å². The molecule has 7 nitrogen and oxygen atoms in total. The summed E-state index contributed by atoms with van der Waals surface area (Å²) in [5.74, 6) is 0.0841. The smallest absolute Gasteiger partial charge is 0.245 e. The van der Waals surface area contributed by atoms with E-state index < -0.39 is 16.1 Å². The van der Waals surface area contributed by atoms with E-state index in [1.807, 2.05) is 0 Å². The Bertz CT molecular complexity index is 635. The highest BCUT2D eigenvalue weighted by Gasteiger charge is 2.35. The Labute approximate surface area is 122 Å². The van der Waals surface area contributed by atoms with Gasteiger partial charge in [-0.2, -0.15) is 4.31 Å². The number of anilines is 1. The number of carbonyl (C=O) groups excluding carboxylic acids is 1. The van der Waals surface area contributed by atoms with Gasteiger partial charge in [0.1, 0.15) is 16.8 Å². The van der Waals surface area contributed by atoms with E-state index in [2.05, 4.69) is 15.6 Å². The zero-order chi connectivity index (χ0) is 14.9. The van der Waals surface area contributed by atoms with Crippen molar-refractivity contribution in [3.63, 3.8) is 0 Å². The second kappa shape index (κ2) is 5.55. The molecular formula is C11H15ClN4O3S. The lowest BCUT2D eigenvalue weighted by molar-refractivity contribution is -0.126. The first-order valence-corrected chi connectivity index (χ1v) is 7.82. The normalized spacial score (nSPS) is 20.6. The van der Waals surface area contributed by atoms with Crippen LogP contribution in [0.3, 0.4) is 0 Å². The predicted molar refractivity (Wildman–Crippen MR) is 75.2 cm³/mol. The lowest BCUT2D eigenvalue weighted by Gasteiger charge is -2.31. The summed E-state index contributed by atoms with van der Waals surface area (Å²) in [4.78, 5) is 15.5. The van der Waals surface area contributed by atoms with Gasteiger partial charge in [-0.05, 0) is 13.0 Å². The number of nitrogens with one attached hydrogen (secondary N) is 2. The minimum absolute atomic E-state index is 0.0250. The van der Waals surface area contributed by atoms with Gasteiger partial charge in [-0.25, -0.2) is 13.4 Å². The van der Waals surface area contributed by atoms with E-state index in [1.165, 1.54) is 12.3 Å². The maximum Gasteiger partial charge on any atom is 0.245 e. The minimum Gasteiger partial charge on any atom is -0.372 e. The molecule has 1 fully saturated rings. The van der Waals surface area contributed by atoms with Gasteiger partial charge in [0.25, 0.3) is 0 Å². The second-order valence-corrected chi connectivity index (χ2v) is 6.63. The molecule has 0 bridgehead atoms. The van der Waals surface area contributed by atoms with Crippen molar-refractivity contribution in [2.45, 2.75) is 17.9 Å². The summed E-state index contributed by atoms with van der Waals surface area (Å²) in [7, 11) is -2.16. The number of hydrogen-bond donors (Lipinski definition) is 2. The van der Waals surface area contributed by atoms with Crippen LogP contribution in [-0.2, 0) is 14.8 Å². The largest absolute Gasteiger partial charge is 0.372 e. The fourth-order valence-corrected chi connectivity index (χ4v) is 3.86. The Morgan fingerprint density at radius 3 is 2.85 bits per heavy atom. The van der Waals surface area contributed by atoms with Crippen molar-refractivity contribution < 1.29 is 13.2 Å². The molecule has 0 spiro atoms. The number of aromatic nitrogens is 1. The van der Waals surface area contributed by atoms with E-state index in [-0.39, 0.29) is 28.9 Å². The molecule has 1 aromatic heterocycles. The van der Waals surface area contributed by atoms with Crippen LogP contribution in [0.2, 0.25) is 5.02 Å². The van der Waals surface area contributed by atoms with Gasteiger partial charge in [0, 0.05) is 26.3 Å². The van der Waals surface area contributed by atoms with Gasteiger partial charge >= 0.3 is 0 Å². The van der Waals surface area contributed by atoms with E-state index in [9.17, 15) is 13.2 Å². The molecule has 0 radical (unpaired) electrons. The van der Waals surface area contributed by atoms with E-state index in [0.29, 0.717) is 5.82 Å². The third-order valence-corrected chi connectivity index (χ3v) is 5.33. The number of piperazine rings is 1. The average molecular weight is 319 g/mol. The average Bonchev–Trinajstić information content (AvgIpc) is 2.41. The molecule has 110 valence electrons. The highest BCUT2D eigenvalue weighted by atomic mass is 35.5. The Hall–Kier alpha value is -1.38. The van der Waals surface area contributed by atoms with Crippen LogP contribution in [0.25, 0.3) is 0 Å². The zero-order valence-electron chi connectivity index (χ0n) is 11.1. The molecule has 2 rings (SSSR count). The Balaban J connectivity index is 2.39. The van der Waals surface area contributed by atoms with Crippen molar-refractivity contribution in [3.8, 4) is 0 Å². The van der Waals surface area contributed by atoms with Crippen LogP contribution < -0.4 is 10.6 Å². The van der Waals surface area contributed by atoms with E-state index >= 15 is 0 Å². The highest BCUT2D eigenvalue weighted by molar-refractivity contribution is 7.89. The van der Waals surface area contributed by atoms with Gasteiger partial charge in [-0.15, -0.1) is 0 Å². The Morgan fingerprint density at radius 1 is 1.55 bits per heavy atom. The highest BCUT2D eigenvalue weighted by Crippen LogP contribution is 2.25. The van der Waals surface area contributed by atoms with Gasteiger partial charge in [-0.1, -0.05) is 11.6 Å². The zero-order valence-corrected chi connectivity index (χ0v) is 12.6. The van der Waals surface area contributed by atoms with Crippen molar-refractivity contribution >= 4 is 33.3 Å². The number of halogens is 1. The SMILES string of the molecule is CNc1ncc(S(=O)(=O)N2CCNC(=O)C2C)cc1Cl.